The third kappa shape index (κ3) is 2.52. The average molecular weight is 170 g/mol. The van der Waals surface area contributed by atoms with Gasteiger partial charge in [-0.2, -0.15) is 0 Å². The molecule has 1 aromatic carbocycles. The second-order valence-electron chi connectivity index (χ2n) is 2.37. The predicted octanol–water partition coefficient (Wildman–Crippen LogP) is 2.45. The molecule has 0 bridgehead atoms. The van der Waals surface area contributed by atoms with Gasteiger partial charge in [0.1, 0.15) is 0 Å². The van der Waals surface area contributed by atoms with Gasteiger partial charge >= 0.3 is 0 Å². The first-order valence-corrected chi connectivity index (χ1v) is 4.16. The standard InChI is InChI=1S/C9H12ClN/c1-2-11-7-8-5-3-4-6-9(8)10/h3-6,11H,2,7H2,1H3. The Morgan fingerprint density at radius 3 is 2.73 bits per heavy atom. The second kappa shape index (κ2) is 4.37. The number of rotatable bonds is 3. The van der Waals surface area contributed by atoms with Gasteiger partial charge in [0.2, 0.25) is 0 Å². The van der Waals surface area contributed by atoms with Gasteiger partial charge in [0.25, 0.3) is 0 Å². The third-order valence-electron chi connectivity index (χ3n) is 1.52. The summed E-state index contributed by atoms with van der Waals surface area (Å²) in [6, 6.07) is 7.88. The molecule has 1 aromatic rings. The van der Waals surface area contributed by atoms with Crippen molar-refractivity contribution in [3.63, 3.8) is 0 Å². The van der Waals surface area contributed by atoms with Gasteiger partial charge in [-0.3, -0.25) is 0 Å². The molecule has 0 aliphatic carbocycles. The van der Waals surface area contributed by atoms with Gasteiger partial charge in [-0.05, 0) is 18.2 Å². The summed E-state index contributed by atoms with van der Waals surface area (Å²) in [4.78, 5) is 0. The van der Waals surface area contributed by atoms with Crippen LogP contribution >= 0.6 is 11.6 Å². The van der Waals surface area contributed by atoms with Gasteiger partial charge in [0.15, 0.2) is 0 Å². The van der Waals surface area contributed by atoms with Gasteiger partial charge in [-0.15, -0.1) is 0 Å². The van der Waals surface area contributed by atoms with Gasteiger partial charge in [-0.25, -0.2) is 0 Å². The Kier molecular flexibility index (Phi) is 3.40. The number of nitrogens with one attached hydrogen (secondary N) is 1. The molecule has 0 aromatic heterocycles. The third-order valence-corrected chi connectivity index (χ3v) is 1.89. The van der Waals surface area contributed by atoms with Crippen LogP contribution in [-0.4, -0.2) is 6.54 Å². The summed E-state index contributed by atoms with van der Waals surface area (Å²) in [7, 11) is 0. The van der Waals surface area contributed by atoms with Gasteiger partial charge in [0, 0.05) is 11.6 Å². The fourth-order valence-electron chi connectivity index (χ4n) is 0.901. The minimum absolute atomic E-state index is 0.841. The van der Waals surface area contributed by atoms with E-state index in [9.17, 15) is 0 Å². The van der Waals surface area contributed by atoms with Crippen LogP contribution in [0.2, 0.25) is 5.02 Å². The zero-order valence-corrected chi connectivity index (χ0v) is 7.36. The molecule has 0 amide bonds. The lowest BCUT2D eigenvalue weighted by Gasteiger charge is -2.02. The maximum Gasteiger partial charge on any atom is 0.0450 e. The number of hydrogen-bond donors (Lipinski definition) is 1. The fraction of sp³-hybridized carbons (Fsp3) is 0.333. The average Bonchev–Trinajstić information content (AvgIpc) is 2.03. The van der Waals surface area contributed by atoms with Crippen molar-refractivity contribution in [2.24, 2.45) is 0 Å². The summed E-state index contributed by atoms with van der Waals surface area (Å²) in [5, 5.41) is 4.06. The summed E-state index contributed by atoms with van der Waals surface area (Å²) in [5.74, 6) is 0. The highest BCUT2D eigenvalue weighted by Crippen LogP contribution is 2.13. The van der Waals surface area contributed by atoms with Crippen molar-refractivity contribution in [2.75, 3.05) is 6.54 Å². The van der Waals surface area contributed by atoms with Gasteiger partial charge in [0.05, 0.1) is 0 Å². The van der Waals surface area contributed by atoms with E-state index in [4.69, 9.17) is 11.6 Å². The molecule has 0 spiro atoms. The molecule has 0 fully saturated rings. The zero-order chi connectivity index (χ0) is 8.10. The lowest BCUT2D eigenvalue weighted by Crippen LogP contribution is -2.11. The van der Waals surface area contributed by atoms with Crippen LogP contribution in [0.4, 0.5) is 0 Å². The number of benzene rings is 1. The van der Waals surface area contributed by atoms with Crippen LogP contribution in [0.1, 0.15) is 12.5 Å². The summed E-state index contributed by atoms with van der Waals surface area (Å²) >= 11 is 5.92. The van der Waals surface area contributed by atoms with Crippen LogP contribution in [-0.2, 0) is 6.54 Å². The van der Waals surface area contributed by atoms with Gasteiger partial charge < -0.3 is 5.32 Å². The van der Waals surface area contributed by atoms with Crippen molar-refractivity contribution in [1.29, 1.82) is 0 Å². The first-order valence-electron chi connectivity index (χ1n) is 3.78. The topological polar surface area (TPSA) is 12.0 Å². The number of halogens is 1. The molecule has 1 rings (SSSR count). The second-order valence-corrected chi connectivity index (χ2v) is 2.78. The van der Waals surface area contributed by atoms with Crippen LogP contribution in [0.15, 0.2) is 24.3 Å². The molecule has 0 atom stereocenters. The van der Waals surface area contributed by atoms with Crippen molar-refractivity contribution >= 4 is 11.6 Å². The van der Waals surface area contributed by atoms with Crippen LogP contribution in [0.25, 0.3) is 0 Å². The molecular formula is C9H12ClN. The molecule has 1 N–H and O–H groups in total. The van der Waals surface area contributed by atoms with Crippen LogP contribution in [0, 0.1) is 0 Å². The smallest absolute Gasteiger partial charge is 0.0450 e. The lowest BCUT2D eigenvalue weighted by molar-refractivity contribution is 0.727. The highest BCUT2D eigenvalue weighted by atomic mass is 35.5. The van der Waals surface area contributed by atoms with E-state index in [0.29, 0.717) is 0 Å². The largest absolute Gasteiger partial charge is 0.313 e. The van der Waals surface area contributed by atoms with Crippen molar-refractivity contribution in [3.8, 4) is 0 Å². The van der Waals surface area contributed by atoms with Gasteiger partial charge in [-0.1, -0.05) is 36.7 Å². The normalized spacial score (nSPS) is 10.0. The molecule has 0 saturated heterocycles. The molecule has 1 nitrogen and oxygen atoms in total. The minimum Gasteiger partial charge on any atom is -0.313 e. The first-order chi connectivity index (χ1) is 5.34. The molecule has 2 heteroatoms. The highest BCUT2D eigenvalue weighted by molar-refractivity contribution is 6.31. The van der Waals surface area contributed by atoms with E-state index < -0.39 is 0 Å². The summed E-state index contributed by atoms with van der Waals surface area (Å²) in [5.41, 5.74) is 1.16. The van der Waals surface area contributed by atoms with Crippen molar-refractivity contribution in [2.45, 2.75) is 13.5 Å². The van der Waals surface area contributed by atoms with E-state index in [2.05, 4.69) is 12.2 Å². The zero-order valence-electron chi connectivity index (χ0n) is 6.60. The van der Waals surface area contributed by atoms with E-state index >= 15 is 0 Å². The maximum absolute atomic E-state index is 5.92. The Bertz CT molecular complexity index is 223. The molecular weight excluding hydrogens is 158 g/mol. The predicted molar refractivity (Wildman–Crippen MR) is 48.8 cm³/mol. The molecule has 11 heavy (non-hydrogen) atoms. The quantitative estimate of drug-likeness (QED) is 0.733. The number of hydrogen-bond acceptors (Lipinski definition) is 1. The van der Waals surface area contributed by atoms with E-state index in [1.165, 1.54) is 0 Å². The lowest BCUT2D eigenvalue weighted by atomic mass is 10.2. The Morgan fingerprint density at radius 1 is 1.36 bits per heavy atom. The highest BCUT2D eigenvalue weighted by Gasteiger charge is 1.95. The Hall–Kier alpha value is -0.530. The SMILES string of the molecule is CCNCc1ccccc1Cl. The van der Waals surface area contributed by atoms with E-state index in [1.807, 2.05) is 24.3 Å². The molecule has 0 aliphatic rings. The molecule has 60 valence electrons. The van der Waals surface area contributed by atoms with Crippen molar-refractivity contribution < 1.29 is 0 Å². The fourth-order valence-corrected chi connectivity index (χ4v) is 1.10. The van der Waals surface area contributed by atoms with E-state index in [-0.39, 0.29) is 0 Å². The van der Waals surface area contributed by atoms with Crippen LogP contribution < -0.4 is 5.32 Å². The molecule has 0 heterocycles. The molecule has 0 aliphatic heterocycles. The van der Waals surface area contributed by atoms with E-state index in [0.717, 1.165) is 23.7 Å². The van der Waals surface area contributed by atoms with Crippen molar-refractivity contribution in [1.82, 2.24) is 5.32 Å². The summed E-state index contributed by atoms with van der Waals surface area (Å²) in [6.07, 6.45) is 0. The maximum atomic E-state index is 5.92. The summed E-state index contributed by atoms with van der Waals surface area (Å²) in [6.45, 7) is 3.91. The Balaban J connectivity index is 2.62. The Labute approximate surface area is 72.4 Å². The monoisotopic (exact) mass is 169 g/mol. The molecule has 0 unspecified atom stereocenters. The molecule has 0 radical (unpaired) electrons. The first kappa shape index (κ1) is 8.57. The minimum atomic E-state index is 0.841. The Morgan fingerprint density at radius 2 is 2.09 bits per heavy atom. The van der Waals surface area contributed by atoms with Crippen LogP contribution in [0.3, 0.4) is 0 Å². The molecule has 0 saturated carbocycles. The van der Waals surface area contributed by atoms with Crippen molar-refractivity contribution in [3.05, 3.63) is 34.9 Å². The van der Waals surface area contributed by atoms with Crippen LogP contribution in [0.5, 0.6) is 0 Å². The summed E-state index contributed by atoms with van der Waals surface area (Å²) < 4.78 is 0. The van der Waals surface area contributed by atoms with E-state index in [1.54, 1.807) is 0 Å².